The Hall–Kier alpha value is -3.69. The van der Waals surface area contributed by atoms with Gasteiger partial charge in [-0.05, 0) is 30.7 Å². The van der Waals surface area contributed by atoms with Crippen molar-refractivity contribution < 1.29 is 22.9 Å². The lowest BCUT2D eigenvalue weighted by atomic mass is 10.1. The molecule has 0 spiro atoms. The van der Waals surface area contributed by atoms with Crippen LogP contribution in [-0.2, 0) is 12.7 Å². The van der Waals surface area contributed by atoms with E-state index in [2.05, 4.69) is 10.4 Å². The second-order valence-corrected chi connectivity index (χ2v) is 6.29. The Morgan fingerprint density at radius 2 is 1.97 bits per heavy atom. The maximum Gasteiger partial charge on any atom is 0.416 e. The third-order valence-electron chi connectivity index (χ3n) is 4.24. The molecule has 2 aromatic carbocycles. The molecular weight excluding hydrogens is 389 g/mol. The molecule has 150 valence electrons. The lowest BCUT2D eigenvalue weighted by Gasteiger charge is -2.09. The highest BCUT2D eigenvalue weighted by atomic mass is 19.4. The highest BCUT2D eigenvalue weighted by Crippen LogP contribution is 2.29. The van der Waals surface area contributed by atoms with Crippen LogP contribution in [0.1, 0.15) is 27.0 Å². The largest absolute Gasteiger partial charge is 0.416 e. The summed E-state index contributed by atoms with van der Waals surface area (Å²) >= 11 is 0. The van der Waals surface area contributed by atoms with Crippen molar-refractivity contribution >= 4 is 17.3 Å². The molecule has 0 radical (unpaired) electrons. The number of halogens is 3. The van der Waals surface area contributed by atoms with Gasteiger partial charge in [-0.25, -0.2) is 0 Å². The molecule has 3 aromatic rings. The maximum atomic E-state index is 12.8. The van der Waals surface area contributed by atoms with Crippen LogP contribution in [0.4, 0.5) is 24.5 Å². The van der Waals surface area contributed by atoms with Gasteiger partial charge in [-0.15, -0.1) is 0 Å². The summed E-state index contributed by atoms with van der Waals surface area (Å²) in [4.78, 5) is 22.9. The lowest BCUT2D eigenvalue weighted by molar-refractivity contribution is -0.385. The van der Waals surface area contributed by atoms with Crippen LogP contribution in [0.3, 0.4) is 0 Å². The average molecular weight is 404 g/mol. The van der Waals surface area contributed by atoms with Crippen LogP contribution in [0.5, 0.6) is 0 Å². The number of rotatable bonds is 5. The number of nitrogens with zero attached hydrogens (tertiary/aromatic N) is 3. The monoisotopic (exact) mass is 404 g/mol. The van der Waals surface area contributed by atoms with Crippen LogP contribution in [0.15, 0.2) is 54.9 Å². The number of alkyl halides is 3. The molecule has 1 heterocycles. The van der Waals surface area contributed by atoms with Gasteiger partial charge in [-0.2, -0.15) is 18.3 Å². The van der Waals surface area contributed by atoms with Gasteiger partial charge in [0.25, 0.3) is 11.6 Å². The van der Waals surface area contributed by atoms with Crippen LogP contribution < -0.4 is 5.32 Å². The summed E-state index contributed by atoms with van der Waals surface area (Å²) in [5, 5.41) is 17.6. The molecule has 0 saturated heterocycles. The lowest BCUT2D eigenvalue weighted by Crippen LogP contribution is -2.13. The fourth-order valence-electron chi connectivity index (χ4n) is 2.81. The second-order valence-electron chi connectivity index (χ2n) is 6.29. The van der Waals surface area contributed by atoms with Gasteiger partial charge in [0.2, 0.25) is 0 Å². The first-order chi connectivity index (χ1) is 13.6. The predicted molar refractivity (Wildman–Crippen MR) is 98.6 cm³/mol. The highest BCUT2D eigenvalue weighted by Gasteiger charge is 2.30. The fraction of sp³-hybridized carbons (Fsp3) is 0.158. The van der Waals surface area contributed by atoms with E-state index in [1.165, 1.54) is 48.3 Å². The molecule has 0 saturated carbocycles. The molecule has 29 heavy (non-hydrogen) atoms. The Labute approximate surface area is 162 Å². The number of aromatic nitrogens is 2. The van der Waals surface area contributed by atoms with Gasteiger partial charge in [0.05, 0.1) is 28.9 Å². The van der Waals surface area contributed by atoms with Gasteiger partial charge >= 0.3 is 6.18 Å². The van der Waals surface area contributed by atoms with Gasteiger partial charge in [-0.1, -0.05) is 18.2 Å². The maximum absolute atomic E-state index is 12.8. The quantitative estimate of drug-likeness (QED) is 0.504. The Balaban J connectivity index is 1.74. The van der Waals surface area contributed by atoms with Gasteiger partial charge in [-0.3, -0.25) is 19.6 Å². The van der Waals surface area contributed by atoms with Crippen molar-refractivity contribution in [3.63, 3.8) is 0 Å². The van der Waals surface area contributed by atoms with E-state index in [9.17, 15) is 28.1 Å². The van der Waals surface area contributed by atoms with E-state index in [1.54, 1.807) is 6.07 Å². The summed E-state index contributed by atoms with van der Waals surface area (Å²) in [6.07, 6.45) is -1.63. The summed E-state index contributed by atoms with van der Waals surface area (Å²) in [6.45, 7) is 1.56. The molecular formula is C19H15F3N4O3. The topological polar surface area (TPSA) is 90.1 Å². The number of amides is 1. The molecule has 10 heteroatoms. The van der Waals surface area contributed by atoms with E-state index < -0.39 is 22.6 Å². The van der Waals surface area contributed by atoms with Crippen molar-refractivity contribution in [2.24, 2.45) is 0 Å². The molecule has 0 fully saturated rings. The summed E-state index contributed by atoms with van der Waals surface area (Å²) in [5.41, 5.74) is 0.161. The van der Waals surface area contributed by atoms with E-state index >= 15 is 0 Å². The minimum Gasteiger partial charge on any atom is -0.319 e. The molecule has 0 aliphatic rings. The van der Waals surface area contributed by atoms with Gasteiger partial charge in [0, 0.05) is 23.4 Å². The summed E-state index contributed by atoms with van der Waals surface area (Å²) in [7, 11) is 0. The zero-order chi connectivity index (χ0) is 21.2. The zero-order valence-electron chi connectivity index (χ0n) is 15.1. The summed E-state index contributed by atoms with van der Waals surface area (Å²) in [5.74, 6) is -0.551. The first-order valence-electron chi connectivity index (χ1n) is 8.39. The molecule has 1 N–H and O–H groups in total. The number of nitrogens with one attached hydrogen (secondary N) is 1. The predicted octanol–water partition coefficient (Wildman–Crippen LogP) is 4.42. The Morgan fingerprint density at radius 1 is 1.24 bits per heavy atom. The van der Waals surface area contributed by atoms with Crippen molar-refractivity contribution in [3.05, 3.63) is 87.2 Å². The summed E-state index contributed by atoms with van der Waals surface area (Å²) in [6, 6.07) is 9.06. The van der Waals surface area contributed by atoms with Crippen LogP contribution >= 0.6 is 0 Å². The Kier molecular flexibility index (Phi) is 5.35. The Bertz CT molecular complexity index is 1080. The number of hydrogen-bond acceptors (Lipinski definition) is 4. The standard InChI is InChI=1S/C19H15F3N4O3/c1-12-16(6-3-7-17(12)26(28)29)18(27)24-15-9-23-25(11-15)10-13-4-2-5-14(8-13)19(20,21)22/h2-9,11H,10H2,1H3,(H,24,27). The normalized spacial score (nSPS) is 11.3. The van der Waals surface area contributed by atoms with E-state index in [1.807, 2.05) is 0 Å². The Morgan fingerprint density at radius 3 is 2.66 bits per heavy atom. The van der Waals surface area contributed by atoms with Crippen molar-refractivity contribution in [1.29, 1.82) is 0 Å². The third kappa shape index (κ3) is 4.60. The molecule has 7 nitrogen and oxygen atoms in total. The number of benzene rings is 2. The van der Waals surface area contributed by atoms with Crippen molar-refractivity contribution in [1.82, 2.24) is 9.78 Å². The van der Waals surface area contributed by atoms with Crippen LogP contribution in [0.2, 0.25) is 0 Å². The van der Waals surface area contributed by atoms with Gasteiger partial charge in [0.15, 0.2) is 0 Å². The second kappa shape index (κ2) is 7.74. The van der Waals surface area contributed by atoms with E-state index in [4.69, 9.17) is 0 Å². The zero-order valence-corrected chi connectivity index (χ0v) is 15.1. The molecule has 1 aromatic heterocycles. The minimum absolute atomic E-state index is 0.0790. The molecule has 0 unspecified atom stereocenters. The molecule has 0 atom stereocenters. The van der Waals surface area contributed by atoms with Crippen LogP contribution in [0.25, 0.3) is 0 Å². The van der Waals surface area contributed by atoms with Gasteiger partial charge < -0.3 is 5.32 Å². The number of hydrogen-bond donors (Lipinski definition) is 1. The number of carbonyl (C=O) groups is 1. The number of anilines is 1. The van der Waals surface area contributed by atoms with E-state index in [-0.39, 0.29) is 23.4 Å². The molecule has 1 amide bonds. The molecule has 0 aliphatic carbocycles. The molecule has 0 aliphatic heterocycles. The number of nitro groups is 1. The fourth-order valence-corrected chi connectivity index (χ4v) is 2.81. The van der Waals surface area contributed by atoms with Gasteiger partial charge in [0.1, 0.15) is 0 Å². The number of nitro benzene ring substituents is 1. The van der Waals surface area contributed by atoms with E-state index in [0.717, 1.165) is 12.1 Å². The van der Waals surface area contributed by atoms with Crippen molar-refractivity contribution in [2.75, 3.05) is 5.32 Å². The van der Waals surface area contributed by atoms with Crippen molar-refractivity contribution in [3.8, 4) is 0 Å². The highest BCUT2D eigenvalue weighted by molar-refractivity contribution is 6.05. The molecule has 3 rings (SSSR count). The number of carbonyl (C=O) groups excluding carboxylic acids is 1. The van der Waals surface area contributed by atoms with Crippen LogP contribution in [0, 0.1) is 17.0 Å². The molecule has 0 bridgehead atoms. The van der Waals surface area contributed by atoms with Crippen molar-refractivity contribution in [2.45, 2.75) is 19.6 Å². The smallest absolute Gasteiger partial charge is 0.319 e. The SMILES string of the molecule is Cc1c(C(=O)Nc2cnn(Cc3cccc(C(F)(F)F)c3)c2)cccc1[N+](=O)[O-]. The minimum atomic E-state index is -4.44. The summed E-state index contributed by atoms with van der Waals surface area (Å²) < 4.78 is 39.8. The first kappa shape index (κ1) is 20.1. The van der Waals surface area contributed by atoms with Crippen LogP contribution in [-0.4, -0.2) is 20.6 Å². The average Bonchev–Trinajstić information content (AvgIpc) is 3.07. The van der Waals surface area contributed by atoms with E-state index in [0.29, 0.717) is 11.3 Å². The first-order valence-corrected chi connectivity index (χ1v) is 8.39. The third-order valence-corrected chi connectivity index (χ3v) is 4.24.